The average molecular weight is 499 g/mol. The summed E-state index contributed by atoms with van der Waals surface area (Å²) in [5.74, 6) is 3.86. The Bertz CT molecular complexity index is 1680. The highest BCUT2D eigenvalue weighted by Gasteiger charge is 2.47. The van der Waals surface area contributed by atoms with Crippen LogP contribution in [-0.2, 0) is 0 Å². The number of hydrogen-bond donors (Lipinski definition) is 4. The van der Waals surface area contributed by atoms with E-state index in [9.17, 15) is 0 Å². The van der Waals surface area contributed by atoms with E-state index in [1.54, 1.807) is 0 Å². The number of imidazole rings is 2. The average Bonchev–Trinajstić information content (AvgIpc) is 3.52. The zero-order valence-corrected chi connectivity index (χ0v) is 21.1. The van der Waals surface area contributed by atoms with Gasteiger partial charge >= 0.3 is 0 Å². The molecule has 0 spiro atoms. The molecule has 5 aromatic rings. The summed E-state index contributed by atoms with van der Waals surface area (Å²) in [6, 6.07) is 24.4. The van der Waals surface area contributed by atoms with Crippen LogP contribution in [-0.4, -0.2) is 32.0 Å². The van der Waals surface area contributed by atoms with Gasteiger partial charge in [-0.1, -0.05) is 42.5 Å². The molecule has 3 aromatic carbocycles. The molecule has 38 heavy (non-hydrogen) atoms. The lowest BCUT2D eigenvalue weighted by molar-refractivity contribution is 0.543. The smallest absolute Gasteiger partial charge is 0.123 e. The van der Waals surface area contributed by atoms with Crippen molar-refractivity contribution in [1.29, 1.82) is 0 Å². The normalized spacial score (nSPS) is 28.9. The van der Waals surface area contributed by atoms with E-state index in [2.05, 4.69) is 81.3 Å². The first-order valence-corrected chi connectivity index (χ1v) is 14.0. The van der Waals surface area contributed by atoms with Gasteiger partial charge in [-0.2, -0.15) is 0 Å². The summed E-state index contributed by atoms with van der Waals surface area (Å²) in [4.78, 5) is 16.6. The number of nitrogens with zero attached hydrogens (tertiary/aromatic N) is 2. The molecule has 4 N–H and O–H groups in total. The first-order valence-electron chi connectivity index (χ1n) is 14.0. The van der Waals surface area contributed by atoms with Gasteiger partial charge in [0.25, 0.3) is 0 Å². The van der Waals surface area contributed by atoms with Crippen LogP contribution in [0, 0.1) is 11.8 Å². The molecule has 4 fully saturated rings. The fourth-order valence-electron chi connectivity index (χ4n) is 6.84. The maximum atomic E-state index is 4.71. The van der Waals surface area contributed by atoms with Crippen LogP contribution in [0.15, 0.2) is 73.1 Å². The Hall–Kier alpha value is -3.74. The second kappa shape index (κ2) is 7.88. The largest absolute Gasteiger partial charge is 0.341 e. The predicted molar refractivity (Wildman–Crippen MR) is 149 cm³/mol. The third-order valence-electron chi connectivity index (χ3n) is 9.26. The van der Waals surface area contributed by atoms with E-state index in [1.165, 1.54) is 58.7 Å². The molecule has 4 aliphatic rings. The van der Waals surface area contributed by atoms with Gasteiger partial charge in [0.05, 0.1) is 35.9 Å². The number of benzene rings is 3. The lowest BCUT2D eigenvalue weighted by atomic mass is 9.98. The van der Waals surface area contributed by atoms with Crippen LogP contribution >= 0.6 is 0 Å². The molecule has 0 amide bonds. The summed E-state index contributed by atoms with van der Waals surface area (Å²) in [5, 5.41) is 9.86. The fourth-order valence-corrected chi connectivity index (χ4v) is 6.84. The van der Waals surface area contributed by atoms with Crippen molar-refractivity contribution in [3.8, 4) is 33.6 Å². The second-order valence-corrected chi connectivity index (χ2v) is 11.8. The third kappa shape index (κ3) is 3.55. The van der Waals surface area contributed by atoms with E-state index < -0.39 is 0 Å². The monoisotopic (exact) mass is 498 g/mol. The Morgan fingerprint density at radius 1 is 0.553 bits per heavy atom. The molecular weight excluding hydrogens is 468 g/mol. The SMILES string of the molecule is c1cc(-c2ccc3cc(-c4cnc([C@@H]5C[C@H]6C[C@H]6N5)[nH]4)ccc3c2)cc(-c2cnc([C@@H]3C[C@H]4C[C@H]4N3)[nH]2)c1. The lowest BCUT2D eigenvalue weighted by Crippen LogP contribution is -2.18. The summed E-state index contributed by atoms with van der Waals surface area (Å²) >= 11 is 0. The van der Waals surface area contributed by atoms with Crippen LogP contribution in [0.1, 0.15) is 49.4 Å². The van der Waals surface area contributed by atoms with Crippen LogP contribution in [0.4, 0.5) is 0 Å². The Balaban J connectivity index is 0.972. The van der Waals surface area contributed by atoms with Crippen molar-refractivity contribution in [2.75, 3.05) is 0 Å². The quantitative estimate of drug-likeness (QED) is 0.235. The van der Waals surface area contributed by atoms with Gasteiger partial charge < -0.3 is 20.6 Å². The van der Waals surface area contributed by atoms with Gasteiger partial charge in [-0.3, -0.25) is 0 Å². The molecule has 2 aliphatic carbocycles. The Morgan fingerprint density at radius 2 is 1.08 bits per heavy atom. The molecule has 6 heteroatoms. The number of fused-ring (bicyclic) bond motifs is 3. The molecule has 0 radical (unpaired) electrons. The summed E-state index contributed by atoms with van der Waals surface area (Å²) in [6.45, 7) is 0. The van der Waals surface area contributed by atoms with Crippen molar-refractivity contribution < 1.29 is 0 Å². The van der Waals surface area contributed by atoms with Crippen molar-refractivity contribution in [1.82, 2.24) is 30.6 Å². The highest BCUT2D eigenvalue weighted by Crippen LogP contribution is 2.46. The second-order valence-electron chi connectivity index (χ2n) is 11.8. The van der Waals surface area contributed by atoms with Gasteiger partial charge in [0, 0.05) is 23.2 Å². The summed E-state index contributed by atoms with van der Waals surface area (Å²) in [6.07, 6.45) is 9.05. The van der Waals surface area contributed by atoms with Crippen molar-refractivity contribution in [3.05, 3.63) is 84.7 Å². The van der Waals surface area contributed by atoms with E-state index in [0.717, 1.165) is 47.0 Å². The van der Waals surface area contributed by atoms with E-state index in [0.29, 0.717) is 12.1 Å². The standard InChI is InChI=1S/C32H30N6/c1-2-17(9-21(3-1)29-15-33-31(37-29)27-13-23-11-25(23)35-27)18-4-5-20-10-22(7-6-19(20)8-18)30-16-34-32(38-30)28-14-24-12-26(24)36-28/h1-10,15-16,23-28,35-36H,11-14H2,(H,33,37)(H,34,38)/t23-,24-,25-,26-,27+,28+/m1/s1. The Kier molecular flexibility index (Phi) is 4.40. The van der Waals surface area contributed by atoms with Crippen LogP contribution in [0.5, 0.6) is 0 Å². The first-order chi connectivity index (χ1) is 18.7. The third-order valence-corrected chi connectivity index (χ3v) is 9.26. The van der Waals surface area contributed by atoms with Crippen LogP contribution in [0.2, 0.25) is 0 Å². The molecule has 0 unspecified atom stereocenters. The number of H-pyrrole nitrogens is 2. The van der Waals surface area contributed by atoms with E-state index in [4.69, 9.17) is 9.97 Å². The summed E-state index contributed by atoms with van der Waals surface area (Å²) in [5.41, 5.74) is 6.95. The zero-order valence-electron chi connectivity index (χ0n) is 21.1. The molecular formula is C32H30N6. The highest BCUT2D eigenvalue weighted by molar-refractivity contribution is 5.90. The van der Waals surface area contributed by atoms with Crippen molar-refractivity contribution in [3.63, 3.8) is 0 Å². The maximum Gasteiger partial charge on any atom is 0.123 e. The number of nitrogens with one attached hydrogen (secondary N) is 4. The molecule has 2 saturated carbocycles. The molecule has 0 bridgehead atoms. The highest BCUT2D eigenvalue weighted by atomic mass is 15.1. The van der Waals surface area contributed by atoms with Gasteiger partial charge in [0.1, 0.15) is 11.6 Å². The molecule has 9 rings (SSSR count). The number of rotatable bonds is 5. The Labute approximate surface area is 221 Å². The van der Waals surface area contributed by atoms with Gasteiger partial charge in [-0.05, 0) is 77.6 Å². The summed E-state index contributed by atoms with van der Waals surface area (Å²) < 4.78 is 0. The number of piperidine rings is 2. The number of hydrogen-bond acceptors (Lipinski definition) is 4. The maximum absolute atomic E-state index is 4.71. The minimum Gasteiger partial charge on any atom is -0.341 e. The predicted octanol–water partition coefficient (Wildman–Crippen LogP) is 6.13. The number of aromatic nitrogens is 4. The molecule has 4 heterocycles. The van der Waals surface area contributed by atoms with Crippen LogP contribution < -0.4 is 10.6 Å². The Morgan fingerprint density at radius 3 is 1.68 bits per heavy atom. The molecule has 6 nitrogen and oxygen atoms in total. The minimum absolute atomic E-state index is 0.374. The summed E-state index contributed by atoms with van der Waals surface area (Å²) in [7, 11) is 0. The molecule has 6 atom stereocenters. The molecule has 2 aliphatic heterocycles. The van der Waals surface area contributed by atoms with Crippen molar-refractivity contribution in [2.45, 2.75) is 49.9 Å². The van der Waals surface area contributed by atoms with E-state index in [1.807, 2.05) is 12.4 Å². The first kappa shape index (κ1) is 21.2. The molecule has 2 saturated heterocycles. The topological polar surface area (TPSA) is 81.4 Å². The lowest BCUT2D eigenvalue weighted by Gasteiger charge is -2.10. The van der Waals surface area contributed by atoms with Gasteiger partial charge in [-0.25, -0.2) is 9.97 Å². The number of aromatic amines is 2. The fraction of sp³-hybridized carbons (Fsp3) is 0.312. The molecule has 2 aromatic heterocycles. The van der Waals surface area contributed by atoms with Crippen LogP contribution in [0.25, 0.3) is 44.4 Å². The molecule has 188 valence electrons. The van der Waals surface area contributed by atoms with Crippen molar-refractivity contribution in [2.24, 2.45) is 11.8 Å². The zero-order chi connectivity index (χ0) is 24.8. The van der Waals surface area contributed by atoms with E-state index >= 15 is 0 Å². The van der Waals surface area contributed by atoms with Gasteiger partial charge in [-0.15, -0.1) is 0 Å². The van der Waals surface area contributed by atoms with Crippen molar-refractivity contribution >= 4 is 10.8 Å². The van der Waals surface area contributed by atoms with Gasteiger partial charge in [0.2, 0.25) is 0 Å². The van der Waals surface area contributed by atoms with Gasteiger partial charge in [0.15, 0.2) is 0 Å². The van der Waals surface area contributed by atoms with E-state index in [-0.39, 0.29) is 0 Å². The van der Waals surface area contributed by atoms with Crippen LogP contribution in [0.3, 0.4) is 0 Å². The minimum atomic E-state index is 0.374.